The number of ketones is 5. The van der Waals surface area contributed by atoms with Crippen LogP contribution in [0.3, 0.4) is 0 Å². The molecule has 2 aromatic carbocycles. The summed E-state index contributed by atoms with van der Waals surface area (Å²) in [5.74, 6) is -32.8. The van der Waals surface area contributed by atoms with Crippen LogP contribution in [0.25, 0.3) is 0 Å². The number of carboxylic acids is 9. The first-order chi connectivity index (χ1) is 69.6. The van der Waals surface area contributed by atoms with Gasteiger partial charge in [-0.25, -0.2) is 0 Å². The maximum Gasteiger partial charge on any atom is 0.303 e. The van der Waals surface area contributed by atoms with Crippen LogP contribution in [-0.4, -0.2) is 273 Å². The fourth-order valence-corrected chi connectivity index (χ4v) is 18.9. The third kappa shape index (κ3) is 42.1. The molecule has 816 valence electrons. The van der Waals surface area contributed by atoms with Crippen molar-refractivity contribution in [2.45, 2.75) is 339 Å². The number of benzene rings is 2. The number of hydrogen-bond acceptors (Lipinski definition) is 25. The van der Waals surface area contributed by atoms with Crippen LogP contribution in [0.4, 0.5) is 11.4 Å². The number of likely N-dealkylation sites (tertiary alicyclic amines) is 1. The molecule has 3 heterocycles. The Labute approximate surface area is 859 Å². The number of amides is 7. The molecule has 0 bridgehead atoms. The van der Waals surface area contributed by atoms with Crippen molar-refractivity contribution in [2.75, 3.05) is 37.7 Å². The Bertz CT molecular complexity index is 5400. The number of nitrogens with zero attached hydrogens (tertiary/aromatic N) is 3. The van der Waals surface area contributed by atoms with E-state index in [1.54, 1.807) is 6.07 Å². The largest absolute Gasteiger partial charge is 0.481 e. The smallest absolute Gasteiger partial charge is 0.303 e. The molecule has 3 aliphatic rings. The molecule has 0 spiro atoms. The number of aliphatic carboxylic acids is 9. The van der Waals surface area contributed by atoms with E-state index in [4.69, 9.17) is 4.74 Å². The summed E-state index contributed by atoms with van der Waals surface area (Å²) >= 11 is 0. The average molecular weight is 2100 g/mol. The van der Waals surface area contributed by atoms with Crippen LogP contribution < -0.4 is 36.8 Å². The van der Waals surface area contributed by atoms with Crippen LogP contribution in [0.2, 0.25) is 0 Å². The number of ether oxygens (including phenoxy) is 1. The highest BCUT2D eigenvalue weighted by Gasteiger charge is 2.46. The van der Waals surface area contributed by atoms with Crippen molar-refractivity contribution in [3.63, 3.8) is 0 Å². The average Bonchev–Trinajstić information content (AvgIpc) is 1.59. The molecule has 7 amide bonds. The number of nitrogens with one attached hydrogen (secondary N) is 6. The Hall–Kier alpha value is -13.4. The molecule has 0 unspecified atom stereocenters. The standard InChI is InChI=1S/C104H145N9O34S/c1-10-12-23-68(54-62(3)4)105-102(143)79-24-21-52-113(79)88(120)61-147-53-22-25-80(114)72(35-46-93(129)130)107-98(139)65(31-43-90(123)124)57-82(116)74(37-48-95(133)134)109-100(141)67(33-45-92(127)128)59-84(118)76(39-50-97(137)138)110-101(142)66(32-44-91(125)126)58-83(117)75(38-49-96(135)136)108-99(140)64(30-42-89(121)122)56-81(115)73(36-47-94(131)132)106-87(119)28-19-16-20-51-112-78-41-34-69(148(144,145)146)60-71(78)104(8,9)86(112)27-18-15-13-14-17-26-85-103(6,7)70-55-63(5)29-40-77(70)111(85)11-2/h13-15,17-18,26-27,29,34,40-41,55,60,62,64-68,72-76,79H,10-12,16,19-25,28,30-33,35-39,42-54,56-59,61H2,1-9H3,(H15-,105,106,107,108,109,110,119,121,122,123,124,125,126,127,128,129,130,131,132,133,134,135,136,137,138,139,140,141,142,143,144,145,146)/p+1/t64-,65-,66-,67-,68+,72+,73+,74+,75+,76+,79-/m0/s1. The van der Waals surface area contributed by atoms with Gasteiger partial charge in [0.25, 0.3) is 10.1 Å². The zero-order valence-electron chi connectivity index (χ0n) is 85.5. The van der Waals surface area contributed by atoms with Crippen LogP contribution >= 0.6 is 0 Å². The summed E-state index contributed by atoms with van der Waals surface area (Å²) in [5, 5.41) is 103. The zero-order chi connectivity index (χ0) is 111. The summed E-state index contributed by atoms with van der Waals surface area (Å²) in [6.07, 6.45) is -0.546. The summed E-state index contributed by atoms with van der Waals surface area (Å²) in [6.45, 7) is 19.1. The van der Waals surface area contributed by atoms with Crippen molar-refractivity contribution in [3.05, 3.63) is 101 Å². The molecule has 0 aliphatic carbocycles. The number of aryl methyl sites for hydroxylation is 1. The molecule has 3 aliphatic heterocycles. The van der Waals surface area contributed by atoms with Gasteiger partial charge in [0, 0.05) is 180 Å². The van der Waals surface area contributed by atoms with Crippen LogP contribution in [-0.2, 0) is 126 Å². The van der Waals surface area contributed by atoms with Gasteiger partial charge in [-0.3, -0.25) is 105 Å². The van der Waals surface area contributed by atoms with Crippen molar-refractivity contribution in [2.24, 2.45) is 29.6 Å². The van der Waals surface area contributed by atoms with Crippen molar-refractivity contribution in [1.82, 2.24) is 36.8 Å². The first-order valence-corrected chi connectivity index (χ1v) is 51.7. The lowest BCUT2D eigenvalue weighted by Crippen LogP contribution is -2.49. The molecule has 1 saturated heterocycles. The maximum absolute atomic E-state index is 14.6. The summed E-state index contributed by atoms with van der Waals surface area (Å²) in [5.41, 5.74) is 5.63. The number of carbonyl (C=O) groups is 21. The van der Waals surface area contributed by atoms with E-state index in [0.29, 0.717) is 55.9 Å². The number of unbranched alkanes of at least 4 members (excludes halogenated alkanes) is 3. The summed E-state index contributed by atoms with van der Waals surface area (Å²) in [6, 6.07) is 0.664. The minimum atomic E-state index is -4.62. The number of anilines is 1. The van der Waals surface area contributed by atoms with E-state index < -0.39 is 348 Å². The molecule has 0 aromatic heterocycles. The van der Waals surface area contributed by atoms with E-state index in [1.165, 1.54) is 22.6 Å². The highest BCUT2D eigenvalue weighted by atomic mass is 32.2. The topological polar surface area (TPSA) is 686 Å². The van der Waals surface area contributed by atoms with Crippen molar-refractivity contribution < 1.29 is 169 Å². The van der Waals surface area contributed by atoms with E-state index in [9.17, 15) is 160 Å². The number of fused-ring (bicyclic) bond motifs is 2. The van der Waals surface area contributed by atoms with Crippen LogP contribution in [0.1, 0.15) is 290 Å². The Morgan fingerprint density at radius 3 is 1.30 bits per heavy atom. The highest BCUT2D eigenvalue weighted by Crippen LogP contribution is 2.49. The molecule has 11 atom stereocenters. The third-order valence-corrected chi connectivity index (χ3v) is 27.3. The normalized spacial score (nSPS) is 16.5. The lowest BCUT2D eigenvalue weighted by Gasteiger charge is -2.27. The van der Waals surface area contributed by atoms with Gasteiger partial charge >= 0.3 is 53.7 Å². The second-order valence-corrected chi connectivity index (χ2v) is 40.7. The number of carbonyl (C=O) groups excluding carboxylic acids is 12. The molecule has 148 heavy (non-hydrogen) atoms. The molecule has 1 fully saturated rings. The van der Waals surface area contributed by atoms with Gasteiger partial charge in [-0.05, 0) is 172 Å². The second kappa shape index (κ2) is 61.4. The van der Waals surface area contributed by atoms with Gasteiger partial charge in [0.1, 0.15) is 19.2 Å². The zero-order valence-corrected chi connectivity index (χ0v) is 86.3. The fraction of sp³-hybridized carbons (Fsp3) is 0.596. The van der Waals surface area contributed by atoms with Gasteiger partial charge in [-0.2, -0.15) is 13.0 Å². The number of carboxylic acid groups (broad SMARTS) is 9. The molecule has 43 nitrogen and oxygen atoms in total. The molecular formula is C104H146N9O34S+. The number of allylic oxidation sites excluding steroid dienone is 8. The first-order valence-electron chi connectivity index (χ1n) is 50.3. The van der Waals surface area contributed by atoms with Crippen LogP contribution in [0.5, 0.6) is 0 Å². The fourth-order valence-electron chi connectivity index (χ4n) is 18.4. The lowest BCUT2D eigenvalue weighted by atomic mass is 9.81. The van der Waals surface area contributed by atoms with Crippen molar-refractivity contribution in [1.29, 1.82) is 0 Å². The lowest BCUT2D eigenvalue weighted by molar-refractivity contribution is -0.433. The highest BCUT2D eigenvalue weighted by molar-refractivity contribution is 7.85. The van der Waals surface area contributed by atoms with Gasteiger partial charge < -0.3 is 92.4 Å². The van der Waals surface area contributed by atoms with Gasteiger partial charge in [0.05, 0.1) is 40.5 Å². The second-order valence-electron chi connectivity index (χ2n) is 39.3. The quantitative estimate of drug-likeness (QED) is 0.0127. The Morgan fingerprint density at radius 1 is 0.459 bits per heavy atom. The van der Waals surface area contributed by atoms with Gasteiger partial charge in [0.2, 0.25) is 47.0 Å². The van der Waals surface area contributed by atoms with Gasteiger partial charge in [-0.15, -0.1) is 0 Å². The number of hydrogen-bond donors (Lipinski definition) is 16. The molecular weight excluding hydrogens is 1950 g/mol. The van der Waals surface area contributed by atoms with Crippen molar-refractivity contribution in [3.8, 4) is 0 Å². The Balaban J connectivity index is 1.31. The Morgan fingerprint density at radius 2 is 0.878 bits per heavy atom. The first kappa shape index (κ1) is 125. The van der Waals surface area contributed by atoms with E-state index in [2.05, 4.69) is 88.4 Å². The van der Waals surface area contributed by atoms with E-state index in [0.717, 1.165) is 54.9 Å². The monoisotopic (exact) mass is 2100 g/mol. The Kier molecular flexibility index (Phi) is 51.9. The molecule has 0 saturated carbocycles. The predicted molar refractivity (Wildman–Crippen MR) is 535 cm³/mol. The van der Waals surface area contributed by atoms with E-state index >= 15 is 0 Å². The molecule has 44 heteroatoms. The minimum Gasteiger partial charge on any atom is -0.481 e. The molecule has 5 rings (SSSR count). The number of Topliss-reactive ketones (excluding diaryl/α,β-unsaturated/α-hetero) is 5. The summed E-state index contributed by atoms with van der Waals surface area (Å²) in [4.78, 5) is 282. The third-order valence-electron chi connectivity index (χ3n) is 26.5. The molecule has 16 N–H and O–H groups in total. The maximum atomic E-state index is 14.6. The SMILES string of the molecule is CCCC[C@H](CC(C)C)NC(=O)[C@@H]1CCCN1C(=O)COCCCC(=O)[C@@H](CCC(=O)O)NC(=O)[C@@H](CCC(=O)O)CC(=O)[C@@H](CCC(=O)O)NC(=O)[C@@H](CCC(=O)O)CC(=O)[C@@H](CCC(=O)O)NC(=O)[C@@H](CCC(=O)O)CC(=O)[C@@H](CCC(=O)O)NC(=O)[C@@H](CCC(=O)O)CC(=O)[C@@H](CCC(=O)O)NC(=O)CCCCCN1/C(=C/C=C/C=C/C=C/C2=[N+](CC)c3ccc(C)cc3C2(C)C)C(C)(C)c2cc(S(=O)(=O)O)ccc21. The molecule has 2 aromatic rings. The van der Waals surface area contributed by atoms with E-state index in [-0.39, 0.29) is 48.1 Å². The number of rotatable bonds is 74. The minimum absolute atomic E-state index is 0.0851. The van der Waals surface area contributed by atoms with Gasteiger partial charge in [0.15, 0.2) is 34.6 Å². The van der Waals surface area contributed by atoms with Crippen LogP contribution in [0.15, 0.2) is 89.5 Å². The van der Waals surface area contributed by atoms with Crippen LogP contribution in [0, 0.1) is 36.5 Å². The summed E-state index contributed by atoms with van der Waals surface area (Å²) < 4.78 is 42.8. The summed E-state index contributed by atoms with van der Waals surface area (Å²) in [7, 11) is -4.62. The van der Waals surface area contributed by atoms with E-state index in [1.807, 2.05) is 76.0 Å². The molecule has 0 radical (unpaired) electrons. The van der Waals surface area contributed by atoms with Crippen molar-refractivity contribution >= 4 is 151 Å². The van der Waals surface area contributed by atoms with Gasteiger partial charge in [-0.1, -0.05) is 95.9 Å². The predicted octanol–water partition coefficient (Wildman–Crippen LogP) is 9.14.